The van der Waals surface area contributed by atoms with Crippen molar-refractivity contribution in [3.05, 3.63) is 41.6 Å². The van der Waals surface area contributed by atoms with E-state index < -0.39 is 17.7 Å². The molecule has 0 atom stereocenters. The molecule has 92 valence electrons. The first kappa shape index (κ1) is 11.7. The standard InChI is InChI=1S/C10H7FN4O3/c11-6-1-7(10(17)18)9(13-3-6)15-4-5(2-14-15)8(12)16/h1-4H,(H2,12,16)(H,17,18). The van der Waals surface area contributed by atoms with Crippen molar-refractivity contribution < 1.29 is 19.1 Å². The van der Waals surface area contributed by atoms with Gasteiger partial charge in [0.05, 0.1) is 18.0 Å². The third-order valence-corrected chi connectivity index (χ3v) is 2.15. The second-order valence-corrected chi connectivity index (χ2v) is 3.37. The maximum Gasteiger partial charge on any atom is 0.339 e. The molecule has 0 aliphatic rings. The van der Waals surface area contributed by atoms with Gasteiger partial charge in [-0.15, -0.1) is 0 Å². The van der Waals surface area contributed by atoms with E-state index >= 15 is 0 Å². The Bertz CT molecular complexity index is 638. The fraction of sp³-hybridized carbons (Fsp3) is 0. The summed E-state index contributed by atoms with van der Waals surface area (Å²) >= 11 is 0. The van der Waals surface area contributed by atoms with Crippen molar-refractivity contribution >= 4 is 11.9 Å². The molecule has 8 heteroatoms. The van der Waals surface area contributed by atoms with Crippen LogP contribution < -0.4 is 5.73 Å². The van der Waals surface area contributed by atoms with Gasteiger partial charge in [0.1, 0.15) is 11.4 Å². The number of aromatic carboxylic acids is 1. The first-order valence-electron chi connectivity index (χ1n) is 4.72. The number of hydrogen-bond donors (Lipinski definition) is 2. The number of primary amides is 1. The third-order valence-electron chi connectivity index (χ3n) is 2.15. The van der Waals surface area contributed by atoms with Gasteiger partial charge >= 0.3 is 5.97 Å². The summed E-state index contributed by atoms with van der Waals surface area (Å²) in [5, 5.41) is 12.7. The molecule has 0 radical (unpaired) electrons. The molecule has 0 aromatic carbocycles. The van der Waals surface area contributed by atoms with E-state index in [9.17, 15) is 14.0 Å². The molecule has 3 N–H and O–H groups in total. The Hall–Kier alpha value is -2.77. The van der Waals surface area contributed by atoms with Gasteiger partial charge in [-0.25, -0.2) is 18.9 Å². The molecule has 0 unspecified atom stereocenters. The van der Waals surface area contributed by atoms with Gasteiger partial charge in [-0.2, -0.15) is 5.10 Å². The molecular weight excluding hydrogens is 243 g/mol. The van der Waals surface area contributed by atoms with E-state index in [1.165, 1.54) is 12.4 Å². The number of nitrogens with zero attached hydrogens (tertiary/aromatic N) is 3. The molecule has 0 aliphatic carbocycles. The summed E-state index contributed by atoms with van der Waals surface area (Å²) in [4.78, 5) is 25.5. The minimum Gasteiger partial charge on any atom is -0.478 e. The fourth-order valence-corrected chi connectivity index (χ4v) is 1.34. The maximum absolute atomic E-state index is 12.9. The van der Waals surface area contributed by atoms with Crippen molar-refractivity contribution in [1.82, 2.24) is 14.8 Å². The number of carboxylic acids is 1. The highest BCUT2D eigenvalue weighted by Gasteiger charge is 2.16. The number of carboxylic acid groups (broad SMARTS) is 1. The Morgan fingerprint density at radius 2 is 2.11 bits per heavy atom. The van der Waals surface area contributed by atoms with E-state index in [1.807, 2.05) is 0 Å². The smallest absolute Gasteiger partial charge is 0.339 e. The van der Waals surface area contributed by atoms with Gasteiger partial charge in [0.25, 0.3) is 5.91 Å². The van der Waals surface area contributed by atoms with Crippen LogP contribution in [0.4, 0.5) is 4.39 Å². The first-order chi connectivity index (χ1) is 8.49. The third kappa shape index (κ3) is 2.03. The summed E-state index contributed by atoms with van der Waals surface area (Å²) in [5.74, 6) is -2.94. The fourth-order valence-electron chi connectivity index (χ4n) is 1.34. The highest BCUT2D eigenvalue weighted by Crippen LogP contribution is 2.13. The predicted octanol–water partition coefficient (Wildman–Crippen LogP) is 0.203. The monoisotopic (exact) mass is 250 g/mol. The van der Waals surface area contributed by atoms with Crippen LogP contribution in [0, 0.1) is 5.82 Å². The Kier molecular flexibility index (Phi) is 2.76. The van der Waals surface area contributed by atoms with Gasteiger partial charge in [0, 0.05) is 6.20 Å². The van der Waals surface area contributed by atoms with Gasteiger partial charge in [-0.05, 0) is 6.07 Å². The van der Waals surface area contributed by atoms with E-state index in [1.54, 1.807) is 0 Å². The topological polar surface area (TPSA) is 111 Å². The maximum atomic E-state index is 12.9. The van der Waals surface area contributed by atoms with E-state index in [0.29, 0.717) is 0 Å². The van der Waals surface area contributed by atoms with Gasteiger partial charge in [-0.3, -0.25) is 4.79 Å². The lowest BCUT2D eigenvalue weighted by Gasteiger charge is -2.04. The number of carbonyl (C=O) groups is 2. The summed E-state index contributed by atoms with van der Waals surface area (Å²) < 4.78 is 14.0. The van der Waals surface area contributed by atoms with Crippen LogP contribution >= 0.6 is 0 Å². The highest BCUT2D eigenvalue weighted by molar-refractivity contribution is 5.93. The van der Waals surface area contributed by atoms with Crippen LogP contribution in [0.5, 0.6) is 0 Å². The van der Waals surface area contributed by atoms with Crippen LogP contribution in [0.1, 0.15) is 20.7 Å². The summed E-state index contributed by atoms with van der Waals surface area (Å²) in [6.45, 7) is 0. The van der Waals surface area contributed by atoms with Gasteiger partial charge in [-0.1, -0.05) is 0 Å². The number of rotatable bonds is 3. The van der Waals surface area contributed by atoms with Crippen molar-refractivity contribution in [3.8, 4) is 5.82 Å². The molecule has 2 aromatic rings. The van der Waals surface area contributed by atoms with Crippen LogP contribution in [0.15, 0.2) is 24.7 Å². The average Bonchev–Trinajstić information content (AvgIpc) is 2.78. The lowest BCUT2D eigenvalue weighted by molar-refractivity contribution is 0.0695. The minimum absolute atomic E-state index is 0.0949. The molecule has 18 heavy (non-hydrogen) atoms. The summed E-state index contributed by atoms with van der Waals surface area (Å²) in [6.07, 6.45) is 3.24. The number of aromatic nitrogens is 3. The summed E-state index contributed by atoms with van der Waals surface area (Å²) in [7, 11) is 0. The highest BCUT2D eigenvalue weighted by atomic mass is 19.1. The Balaban J connectivity index is 2.55. The van der Waals surface area contributed by atoms with Crippen molar-refractivity contribution in [2.75, 3.05) is 0 Å². The Labute approximate surface area is 99.7 Å². The lowest BCUT2D eigenvalue weighted by Crippen LogP contribution is -2.11. The van der Waals surface area contributed by atoms with E-state index in [2.05, 4.69) is 10.1 Å². The van der Waals surface area contributed by atoms with Gasteiger partial charge in [0.2, 0.25) is 0 Å². The van der Waals surface area contributed by atoms with Crippen molar-refractivity contribution in [2.24, 2.45) is 5.73 Å². The molecule has 0 aliphatic heterocycles. The second-order valence-electron chi connectivity index (χ2n) is 3.37. The van der Waals surface area contributed by atoms with Crippen molar-refractivity contribution in [3.63, 3.8) is 0 Å². The van der Waals surface area contributed by atoms with Gasteiger partial charge in [0.15, 0.2) is 5.82 Å². The zero-order valence-electron chi connectivity index (χ0n) is 8.87. The number of carbonyl (C=O) groups excluding carboxylic acids is 1. The van der Waals surface area contributed by atoms with Crippen LogP contribution in [0.25, 0.3) is 5.82 Å². The second kappa shape index (κ2) is 4.24. The molecule has 1 amide bonds. The van der Waals surface area contributed by atoms with Crippen LogP contribution in [-0.2, 0) is 0 Å². The summed E-state index contributed by atoms with van der Waals surface area (Å²) in [6, 6.07) is 0.816. The van der Waals surface area contributed by atoms with Crippen LogP contribution in [0.3, 0.4) is 0 Å². The van der Waals surface area contributed by atoms with Crippen LogP contribution in [-0.4, -0.2) is 31.7 Å². The molecule has 2 rings (SSSR count). The molecule has 0 bridgehead atoms. The van der Waals surface area contributed by atoms with E-state index in [0.717, 1.165) is 16.9 Å². The number of hydrogen-bond acceptors (Lipinski definition) is 4. The quantitative estimate of drug-likeness (QED) is 0.808. The molecule has 0 saturated carbocycles. The molecule has 2 heterocycles. The summed E-state index contributed by atoms with van der Waals surface area (Å²) in [5.41, 5.74) is 4.77. The molecule has 0 fully saturated rings. The van der Waals surface area contributed by atoms with E-state index in [-0.39, 0.29) is 16.9 Å². The van der Waals surface area contributed by atoms with Crippen LogP contribution in [0.2, 0.25) is 0 Å². The van der Waals surface area contributed by atoms with Crippen molar-refractivity contribution in [1.29, 1.82) is 0 Å². The lowest BCUT2D eigenvalue weighted by atomic mass is 10.2. The molecular formula is C10H7FN4O3. The largest absolute Gasteiger partial charge is 0.478 e. The zero-order valence-corrected chi connectivity index (χ0v) is 8.87. The normalized spacial score (nSPS) is 10.3. The molecule has 0 spiro atoms. The average molecular weight is 250 g/mol. The minimum atomic E-state index is -1.35. The van der Waals surface area contributed by atoms with Crippen molar-refractivity contribution in [2.45, 2.75) is 0 Å². The number of nitrogens with two attached hydrogens (primary N) is 1. The number of halogens is 1. The van der Waals surface area contributed by atoms with E-state index in [4.69, 9.17) is 10.8 Å². The first-order valence-corrected chi connectivity index (χ1v) is 4.72. The zero-order chi connectivity index (χ0) is 13.3. The molecule has 2 aromatic heterocycles. The Morgan fingerprint density at radius 3 is 2.67 bits per heavy atom. The Morgan fingerprint density at radius 1 is 1.39 bits per heavy atom. The number of pyridine rings is 1. The van der Waals surface area contributed by atoms with Gasteiger partial charge < -0.3 is 10.8 Å². The predicted molar refractivity (Wildman–Crippen MR) is 56.8 cm³/mol. The SMILES string of the molecule is NC(=O)c1cnn(-c2ncc(F)cc2C(=O)O)c1. The number of amides is 1. The molecule has 0 saturated heterocycles. The molecule has 7 nitrogen and oxygen atoms in total.